The van der Waals surface area contributed by atoms with E-state index in [1.807, 2.05) is 26.0 Å². The van der Waals surface area contributed by atoms with Crippen LogP contribution in [0.5, 0.6) is 0 Å². The number of halogens is 2. The minimum absolute atomic E-state index is 0.171. The van der Waals surface area contributed by atoms with Crippen LogP contribution in [0.4, 0.5) is 15.9 Å². The van der Waals surface area contributed by atoms with Gasteiger partial charge in [-0.05, 0) is 53.5 Å². The summed E-state index contributed by atoms with van der Waals surface area (Å²) in [5.74, 6) is -0.605. The van der Waals surface area contributed by atoms with E-state index in [1.54, 1.807) is 6.07 Å². The third-order valence-electron chi connectivity index (χ3n) is 2.82. The highest BCUT2D eigenvalue weighted by Gasteiger charge is 2.15. The Morgan fingerprint density at radius 2 is 2.14 bits per heavy atom. The highest BCUT2D eigenvalue weighted by atomic mass is 79.9. The van der Waals surface area contributed by atoms with E-state index in [-0.39, 0.29) is 5.56 Å². The molecule has 0 saturated carbocycles. The molecule has 6 heteroatoms. The lowest BCUT2D eigenvalue weighted by molar-refractivity contribution is 0.102. The second kappa shape index (κ2) is 6.67. The number of amides is 1. The highest BCUT2D eigenvalue weighted by Crippen LogP contribution is 2.25. The Labute approximate surface area is 130 Å². The zero-order valence-electron chi connectivity index (χ0n) is 11.7. The average Bonchev–Trinajstić information content (AvgIpc) is 2.44. The fourth-order valence-corrected chi connectivity index (χ4v) is 2.42. The minimum Gasteiger partial charge on any atom is -0.370 e. The molecule has 0 radical (unpaired) electrons. The summed E-state index contributed by atoms with van der Waals surface area (Å²) in [6.45, 7) is 4.42. The van der Waals surface area contributed by atoms with Gasteiger partial charge in [0.1, 0.15) is 11.6 Å². The quantitative estimate of drug-likeness (QED) is 0.875. The van der Waals surface area contributed by atoms with Crippen LogP contribution in [0, 0.1) is 12.7 Å². The summed E-state index contributed by atoms with van der Waals surface area (Å²) in [5, 5.41) is 5.69. The summed E-state index contributed by atoms with van der Waals surface area (Å²) in [7, 11) is 0. The van der Waals surface area contributed by atoms with E-state index >= 15 is 0 Å². The number of carbonyl (C=O) groups excluding carboxylic acids is 1. The van der Waals surface area contributed by atoms with Gasteiger partial charge in [-0.1, -0.05) is 6.07 Å². The number of nitrogens with one attached hydrogen (secondary N) is 2. The number of rotatable bonds is 4. The first kappa shape index (κ1) is 15.4. The Hall–Kier alpha value is -1.95. The zero-order chi connectivity index (χ0) is 15.4. The van der Waals surface area contributed by atoms with Crippen molar-refractivity contribution in [3.63, 3.8) is 0 Å². The van der Waals surface area contributed by atoms with Crippen molar-refractivity contribution in [2.45, 2.75) is 13.8 Å². The third kappa shape index (κ3) is 3.78. The lowest BCUT2D eigenvalue weighted by atomic mass is 10.2. The average molecular weight is 352 g/mol. The van der Waals surface area contributed by atoms with Gasteiger partial charge in [0.25, 0.3) is 5.91 Å². The Balaban J connectivity index is 2.29. The summed E-state index contributed by atoms with van der Waals surface area (Å²) in [6, 6.07) is 6.74. The highest BCUT2D eigenvalue weighted by molar-refractivity contribution is 9.10. The molecule has 1 aromatic heterocycles. The molecule has 4 nitrogen and oxygen atoms in total. The number of hydrogen-bond acceptors (Lipinski definition) is 3. The molecule has 0 bridgehead atoms. The van der Waals surface area contributed by atoms with Crippen molar-refractivity contribution in [2.75, 3.05) is 17.2 Å². The molecule has 0 fully saturated rings. The molecular weight excluding hydrogens is 337 g/mol. The van der Waals surface area contributed by atoms with Gasteiger partial charge in [-0.3, -0.25) is 4.79 Å². The number of aromatic nitrogens is 1. The predicted octanol–water partition coefficient (Wildman–Crippen LogP) is 3.98. The normalized spacial score (nSPS) is 10.3. The van der Waals surface area contributed by atoms with Crippen molar-refractivity contribution in [1.82, 2.24) is 4.98 Å². The first-order valence-corrected chi connectivity index (χ1v) is 7.27. The van der Waals surface area contributed by atoms with Crippen molar-refractivity contribution >= 4 is 33.3 Å². The first-order chi connectivity index (χ1) is 10.0. The fraction of sp³-hybridized carbons (Fsp3) is 0.200. The Morgan fingerprint density at radius 3 is 2.81 bits per heavy atom. The van der Waals surface area contributed by atoms with Gasteiger partial charge in [0.15, 0.2) is 0 Å². The van der Waals surface area contributed by atoms with Crippen LogP contribution in [0.3, 0.4) is 0 Å². The van der Waals surface area contributed by atoms with Crippen LogP contribution in [0.1, 0.15) is 22.8 Å². The Kier molecular flexibility index (Phi) is 4.90. The number of benzene rings is 1. The van der Waals surface area contributed by atoms with Gasteiger partial charge in [-0.25, -0.2) is 9.37 Å². The smallest absolute Gasteiger partial charge is 0.259 e. The van der Waals surface area contributed by atoms with Crippen LogP contribution in [0.25, 0.3) is 0 Å². The van der Waals surface area contributed by atoms with Crippen LogP contribution in [-0.2, 0) is 0 Å². The van der Waals surface area contributed by atoms with E-state index in [9.17, 15) is 9.18 Å². The van der Waals surface area contributed by atoms with Gasteiger partial charge in [-0.2, -0.15) is 0 Å². The molecule has 1 amide bonds. The maximum atomic E-state index is 13.3. The number of nitrogens with zero attached hydrogens (tertiary/aromatic N) is 1. The topological polar surface area (TPSA) is 54.0 Å². The molecule has 2 N–H and O–H groups in total. The van der Waals surface area contributed by atoms with Crippen LogP contribution in [0.2, 0.25) is 0 Å². The van der Waals surface area contributed by atoms with Crippen molar-refractivity contribution in [1.29, 1.82) is 0 Å². The van der Waals surface area contributed by atoms with E-state index in [2.05, 4.69) is 31.5 Å². The molecule has 0 unspecified atom stereocenters. The number of anilines is 2. The molecular formula is C15H15BrFN3O. The van der Waals surface area contributed by atoms with Gasteiger partial charge < -0.3 is 10.6 Å². The van der Waals surface area contributed by atoms with Crippen molar-refractivity contribution in [2.24, 2.45) is 0 Å². The van der Waals surface area contributed by atoms with E-state index in [0.29, 0.717) is 18.1 Å². The second-order valence-corrected chi connectivity index (χ2v) is 5.37. The van der Waals surface area contributed by atoms with Gasteiger partial charge in [-0.15, -0.1) is 0 Å². The molecule has 2 rings (SSSR count). The van der Waals surface area contributed by atoms with Gasteiger partial charge >= 0.3 is 0 Å². The van der Waals surface area contributed by atoms with Crippen molar-refractivity contribution < 1.29 is 9.18 Å². The standard InChI is InChI=1S/C15H15BrFN3O/c1-3-18-14-11(7-10(17)8-19-14)15(21)20-13-5-4-9(2)6-12(13)16/h4-8H,3H2,1-2H3,(H,18,19)(H,20,21). The molecule has 21 heavy (non-hydrogen) atoms. The van der Waals surface area contributed by atoms with Crippen molar-refractivity contribution in [3.8, 4) is 0 Å². The van der Waals surface area contributed by atoms with E-state index < -0.39 is 11.7 Å². The van der Waals surface area contributed by atoms with Gasteiger partial charge in [0, 0.05) is 11.0 Å². The third-order valence-corrected chi connectivity index (χ3v) is 3.47. The fourth-order valence-electron chi connectivity index (χ4n) is 1.83. The Bertz CT molecular complexity index is 676. The monoisotopic (exact) mass is 351 g/mol. The summed E-state index contributed by atoms with van der Waals surface area (Å²) >= 11 is 3.39. The van der Waals surface area contributed by atoms with Crippen molar-refractivity contribution in [3.05, 3.63) is 51.9 Å². The first-order valence-electron chi connectivity index (χ1n) is 6.48. The summed E-state index contributed by atoms with van der Waals surface area (Å²) in [4.78, 5) is 16.2. The molecule has 0 aliphatic carbocycles. The molecule has 0 spiro atoms. The molecule has 1 heterocycles. The molecule has 0 aliphatic heterocycles. The molecule has 1 aromatic carbocycles. The lowest BCUT2D eigenvalue weighted by Gasteiger charge is -2.11. The van der Waals surface area contributed by atoms with Gasteiger partial charge in [0.05, 0.1) is 17.4 Å². The van der Waals surface area contributed by atoms with E-state index in [0.717, 1.165) is 16.2 Å². The number of aryl methyl sites for hydroxylation is 1. The SMILES string of the molecule is CCNc1ncc(F)cc1C(=O)Nc1ccc(C)cc1Br. The van der Waals surface area contributed by atoms with Gasteiger partial charge in [0.2, 0.25) is 0 Å². The molecule has 0 atom stereocenters. The van der Waals surface area contributed by atoms with Crippen LogP contribution < -0.4 is 10.6 Å². The summed E-state index contributed by atoms with van der Waals surface area (Å²) in [6.07, 6.45) is 1.08. The van der Waals surface area contributed by atoms with Crippen LogP contribution in [0.15, 0.2) is 34.9 Å². The largest absolute Gasteiger partial charge is 0.370 e. The molecule has 0 saturated heterocycles. The number of hydrogen-bond donors (Lipinski definition) is 2. The molecule has 110 valence electrons. The summed E-state index contributed by atoms with van der Waals surface area (Å²) < 4.78 is 14.1. The van der Waals surface area contributed by atoms with E-state index in [4.69, 9.17) is 0 Å². The molecule has 0 aliphatic rings. The number of pyridine rings is 1. The summed E-state index contributed by atoms with van der Waals surface area (Å²) in [5.41, 5.74) is 1.86. The molecule has 2 aromatic rings. The minimum atomic E-state index is -0.551. The predicted molar refractivity (Wildman–Crippen MR) is 85.2 cm³/mol. The maximum Gasteiger partial charge on any atom is 0.259 e. The van der Waals surface area contributed by atoms with Crippen LogP contribution >= 0.6 is 15.9 Å². The van der Waals surface area contributed by atoms with Crippen LogP contribution in [-0.4, -0.2) is 17.4 Å². The van der Waals surface area contributed by atoms with E-state index in [1.165, 1.54) is 6.07 Å². The second-order valence-electron chi connectivity index (χ2n) is 4.52. The lowest BCUT2D eigenvalue weighted by Crippen LogP contribution is -2.16. The Morgan fingerprint density at radius 1 is 1.38 bits per heavy atom. The zero-order valence-corrected chi connectivity index (χ0v) is 13.3. The maximum absolute atomic E-state index is 13.3. The number of carbonyl (C=O) groups is 1.